The van der Waals surface area contributed by atoms with Crippen LogP contribution in [0.1, 0.15) is 25.7 Å². The van der Waals surface area contributed by atoms with E-state index >= 15 is 0 Å². The molecule has 1 rings (SSSR count). The maximum Gasteiger partial charge on any atom is 0.145 e. The molecule has 1 aliphatic carbocycles. The van der Waals surface area contributed by atoms with Gasteiger partial charge in [0, 0.05) is 6.42 Å². The lowest BCUT2D eigenvalue weighted by Crippen LogP contribution is -2.20. The van der Waals surface area contributed by atoms with Crippen LogP contribution in [0.4, 0.5) is 0 Å². The Labute approximate surface area is 60.2 Å². The van der Waals surface area contributed by atoms with Gasteiger partial charge in [0.2, 0.25) is 0 Å². The van der Waals surface area contributed by atoms with Gasteiger partial charge in [-0.1, -0.05) is 6.42 Å². The van der Waals surface area contributed by atoms with Crippen LogP contribution in [0.5, 0.6) is 0 Å². The molecule has 52 valence electrons. The van der Waals surface area contributed by atoms with Gasteiger partial charge in [-0.25, -0.2) is 0 Å². The minimum Gasteiger partial charge on any atom is -0.298 e. The van der Waals surface area contributed by atoms with E-state index in [4.69, 9.17) is 0 Å². The first-order valence-corrected chi connectivity index (χ1v) is 4.69. The average Bonchev–Trinajstić information content (AvgIpc) is 1.89. The van der Waals surface area contributed by atoms with Crippen molar-refractivity contribution in [3.05, 3.63) is 0 Å². The Bertz CT molecular complexity index is 111. The smallest absolute Gasteiger partial charge is 0.145 e. The molecular weight excluding hydrogens is 132 g/mol. The molecule has 0 radical (unpaired) electrons. The molecule has 0 N–H and O–H groups in total. The first kappa shape index (κ1) is 7.13. The molecule has 1 aliphatic rings. The Kier molecular flexibility index (Phi) is 2.58. The topological polar surface area (TPSA) is 17.1 Å². The van der Waals surface area contributed by atoms with E-state index in [2.05, 4.69) is 0 Å². The summed E-state index contributed by atoms with van der Waals surface area (Å²) in [5.41, 5.74) is 0. The molecule has 1 fully saturated rings. The number of carbonyl (C=O) groups excluding carboxylic acids is 1. The molecule has 0 bridgehead atoms. The fourth-order valence-electron chi connectivity index (χ4n) is 1.20. The molecule has 0 aromatic carbocycles. The number of hydrogen-bond acceptors (Lipinski definition) is 2. The molecule has 0 aromatic rings. The summed E-state index contributed by atoms with van der Waals surface area (Å²) in [6.07, 6.45) is 6.33. The lowest BCUT2D eigenvalue weighted by atomic mass is 9.99. The third-order valence-corrected chi connectivity index (χ3v) is 2.85. The Morgan fingerprint density at radius 2 is 2.33 bits per heavy atom. The zero-order valence-corrected chi connectivity index (χ0v) is 6.54. The van der Waals surface area contributed by atoms with Crippen LogP contribution in [0.3, 0.4) is 0 Å². The predicted octanol–water partition coefficient (Wildman–Crippen LogP) is 1.86. The summed E-state index contributed by atoms with van der Waals surface area (Å²) >= 11 is 1.70. The van der Waals surface area contributed by atoms with Gasteiger partial charge in [0.25, 0.3) is 0 Å². The second-order valence-electron chi connectivity index (χ2n) is 2.44. The van der Waals surface area contributed by atoms with E-state index in [1.54, 1.807) is 11.8 Å². The quantitative estimate of drug-likeness (QED) is 0.558. The molecular formula is C7H12OS. The van der Waals surface area contributed by atoms with E-state index in [-0.39, 0.29) is 0 Å². The maximum atomic E-state index is 11.0. The number of hydrogen-bond donors (Lipinski definition) is 0. The van der Waals surface area contributed by atoms with Crippen LogP contribution in [0.2, 0.25) is 0 Å². The number of carbonyl (C=O) groups is 1. The van der Waals surface area contributed by atoms with E-state index < -0.39 is 0 Å². The van der Waals surface area contributed by atoms with Gasteiger partial charge >= 0.3 is 0 Å². The highest BCUT2D eigenvalue weighted by atomic mass is 32.2. The van der Waals surface area contributed by atoms with Crippen LogP contribution in [0, 0.1) is 0 Å². The van der Waals surface area contributed by atoms with E-state index in [1.807, 2.05) is 6.26 Å². The molecule has 1 nitrogen and oxygen atoms in total. The van der Waals surface area contributed by atoms with E-state index in [0.717, 1.165) is 19.3 Å². The predicted molar refractivity (Wildman–Crippen MR) is 40.8 cm³/mol. The number of Topliss-reactive ketones (excluding diaryl/α,β-unsaturated/α-hetero) is 1. The molecule has 0 amide bonds. The zero-order valence-electron chi connectivity index (χ0n) is 5.72. The van der Waals surface area contributed by atoms with Crippen LogP contribution < -0.4 is 0 Å². The van der Waals surface area contributed by atoms with Crippen molar-refractivity contribution in [1.29, 1.82) is 0 Å². The lowest BCUT2D eigenvalue weighted by Gasteiger charge is -2.17. The van der Waals surface area contributed by atoms with Gasteiger partial charge < -0.3 is 0 Å². The minimum absolute atomic E-state index is 0.332. The third kappa shape index (κ3) is 1.71. The normalized spacial score (nSPS) is 28.6. The fourth-order valence-corrected chi connectivity index (χ4v) is 1.98. The highest BCUT2D eigenvalue weighted by Gasteiger charge is 2.20. The van der Waals surface area contributed by atoms with Crippen LogP contribution in [-0.4, -0.2) is 17.3 Å². The molecule has 0 aliphatic heterocycles. The summed E-state index contributed by atoms with van der Waals surface area (Å²) in [5.74, 6) is 0.466. The summed E-state index contributed by atoms with van der Waals surface area (Å²) in [5, 5.41) is 0.332. The number of ketones is 1. The van der Waals surface area contributed by atoms with Gasteiger partial charge in [-0.05, 0) is 19.1 Å². The second kappa shape index (κ2) is 3.25. The van der Waals surface area contributed by atoms with E-state index in [1.165, 1.54) is 6.42 Å². The van der Waals surface area contributed by atoms with Crippen molar-refractivity contribution in [2.75, 3.05) is 6.26 Å². The van der Waals surface area contributed by atoms with Crippen molar-refractivity contribution in [2.45, 2.75) is 30.9 Å². The first-order chi connectivity index (χ1) is 4.34. The Balaban J connectivity index is 2.39. The van der Waals surface area contributed by atoms with Crippen molar-refractivity contribution >= 4 is 17.5 Å². The summed E-state index contributed by atoms with van der Waals surface area (Å²) in [4.78, 5) is 11.0. The Hall–Kier alpha value is 0.0200. The van der Waals surface area contributed by atoms with Gasteiger partial charge in [0.1, 0.15) is 5.78 Å². The molecule has 1 saturated carbocycles. The zero-order chi connectivity index (χ0) is 6.69. The highest BCUT2D eigenvalue weighted by Crippen LogP contribution is 2.23. The minimum atomic E-state index is 0.332. The fraction of sp³-hybridized carbons (Fsp3) is 0.857. The average molecular weight is 144 g/mol. The molecule has 2 heteroatoms. The lowest BCUT2D eigenvalue weighted by molar-refractivity contribution is -0.119. The summed E-state index contributed by atoms with van der Waals surface area (Å²) in [6, 6.07) is 0. The summed E-state index contributed by atoms with van der Waals surface area (Å²) in [6.45, 7) is 0. The standard InChI is InChI=1S/C7H12OS/c1-9-7-5-3-2-4-6(7)8/h7H,2-5H2,1H3/t7-/m1/s1. The molecule has 0 aromatic heterocycles. The number of rotatable bonds is 1. The highest BCUT2D eigenvalue weighted by molar-refractivity contribution is 7.99. The van der Waals surface area contributed by atoms with Crippen LogP contribution in [0.25, 0.3) is 0 Å². The van der Waals surface area contributed by atoms with Gasteiger partial charge in [0.15, 0.2) is 0 Å². The van der Waals surface area contributed by atoms with Gasteiger partial charge in [-0.2, -0.15) is 11.8 Å². The van der Waals surface area contributed by atoms with Crippen molar-refractivity contribution in [2.24, 2.45) is 0 Å². The monoisotopic (exact) mass is 144 g/mol. The number of thioether (sulfide) groups is 1. The molecule has 0 saturated heterocycles. The van der Waals surface area contributed by atoms with Crippen LogP contribution >= 0.6 is 11.8 Å². The van der Waals surface area contributed by atoms with E-state index in [0.29, 0.717) is 11.0 Å². The molecule has 1 atom stereocenters. The van der Waals surface area contributed by atoms with Crippen LogP contribution in [-0.2, 0) is 4.79 Å². The maximum absolute atomic E-state index is 11.0. The Morgan fingerprint density at radius 3 is 2.78 bits per heavy atom. The van der Waals surface area contributed by atoms with Crippen molar-refractivity contribution in [1.82, 2.24) is 0 Å². The summed E-state index contributed by atoms with van der Waals surface area (Å²) < 4.78 is 0. The largest absolute Gasteiger partial charge is 0.298 e. The SMILES string of the molecule is CS[C@@H]1CCCCC1=O. The third-order valence-electron chi connectivity index (χ3n) is 1.78. The molecule has 9 heavy (non-hydrogen) atoms. The van der Waals surface area contributed by atoms with Crippen molar-refractivity contribution < 1.29 is 4.79 Å². The second-order valence-corrected chi connectivity index (χ2v) is 3.48. The molecule has 0 spiro atoms. The van der Waals surface area contributed by atoms with Crippen molar-refractivity contribution in [3.63, 3.8) is 0 Å². The first-order valence-electron chi connectivity index (χ1n) is 3.40. The summed E-state index contributed by atoms with van der Waals surface area (Å²) in [7, 11) is 0. The molecule has 0 unspecified atom stereocenters. The van der Waals surface area contributed by atoms with Gasteiger partial charge in [-0.3, -0.25) is 4.79 Å². The van der Waals surface area contributed by atoms with Gasteiger partial charge in [-0.15, -0.1) is 0 Å². The van der Waals surface area contributed by atoms with Crippen LogP contribution in [0.15, 0.2) is 0 Å². The van der Waals surface area contributed by atoms with Crippen molar-refractivity contribution in [3.8, 4) is 0 Å². The molecule has 0 heterocycles. The van der Waals surface area contributed by atoms with E-state index in [9.17, 15) is 4.79 Å². The Morgan fingerprint density at radius 1 is 1.56 bits per heavy atom. The van der Waals surface area contributed by atoms with Gasteiger partial charge in [0.05, 0.1) is 5.25 Å².